The van der Waals surface area contributed by atoms with E-state index < -0.39 is 10.1 Å². The number of rotatable bonds is 4. The average Bonchev–Trinajstić information content (AvgIpc) is 2.88. The van der Waals surface area contributed by atoms with E-state index in [4.69, 9.17) is 5.73 Å². The van der Waals surface area contributed by atoms with Crippen LogP contribution in [0.4, 0.5) is 0 Å². The summed E-state index contributed by atoms with van der Waals surface area (Å²) >= 11 is 0. The number of benzene rings is 1. The molecule has 136 valence electrons. The molecule has 25 heavy (non-hydrogen) atoms. The Morgan fingerprint density at radius 2 is 2.08 bits per heavy atom. The molecule has 2 N–H and O–H groups in total. The second kappa shape index (κ2) is 7.59. The van der Waals surface area contributed by atoms with Gasteiger partial charge in [0.15, 0.2) is 0 Å². The Hall–Kier alpha value is -1.83. The predicted octanol–water partition coefficient (Wildman–Crippen LogP) is 1.04. The van der Waals surface area contributed by atoms with E-state index in [1.807, 2.05) is 35.4 Å². The van der Waals surface area contributed by atoms with Gasteiger partial charge in [-0.15, -0.1) is 0 Å². The molecule has 1 saturated heterocycles. The molecule has 1 amide bonds. The third kappa shape index (κ3) is 3.73. The minimum atomic E-state index is -2.72. The zero-order valence-corrected chi connectivity index (χ0v) is 15.5. The van der Waals surface area contributed by atoms with Crippen molar-refractivity contribution in [2.45, 2.75) is 17.7 Å². The molecule has 0 aliphatic carbocycles. The van der Waals surface area contributed by atoms with Gasteiger partial charge in [-0.25, -0.2) is 4.31 Å². The molecular formula is C18H26N4O2S. The van der Waals surface area contributed by atoms with Gasteiger partial charge in [0.1, 0.15) is 0 Å². The number of carbonyl (C=O) groups excluding carboxylic acids is 1. The summed E-state index contributed by atoms with van der Waals surface area (Å²) in [7, 11) is -2.72. The topological polar surface area (TPSA) is 79.5 Å². The van der Waals surface area contributed by atoms with Gasteiger partial charge in [0.25, 0.3) is 0 Å². The van der Waals surface area contributed by atoms with Crippen molar-refractivity contribution < 1.29 is 9.00 Å². The van der Waals surface area contributed by atoms with E-state index in [1.165, 1.54) is 0 Å². The Kier molecular flexibility index (Phi) is 5.46. The Morgan fingerprint density at radius 3 is 2.88 bits per heavy atom. The number of nitrogens with zero attached hydrogens (tertiary/aromatic N) is 3. The maximum atomic E-state index is 13.7. The molecule has 0 spiro atoms. The van der Waals surface area contributed by atoms with Gasteiger partial charge in [-0.2, -0.15) is 0 Å². The van der Waals surface area contributed by atoms with Crippen LogP contribution in [0.5, 0.6) is 0 Å². The quantitative estimate of drug-likeness (QED) is 0.797. The first-order chi connectivity index (χ1) is 12.0. The van der Waals surface area contributed by atoms with Crippen molar-refractivity contribution in [2.24, 2.45) is 5.73 Å². The SMILES string of the molecule is C[SH](=O)(c1cccc2cnccc12)N1CCCN(C(=O)CCN)CC1. The van der Waals surface area contributed by atoms with Crippen LogP contribution in [0.1, 0.15) is 12.8 Å². The first-order valence-corrected chi connectivity index (χ1v) is 10.8. The summed E-state index contributed by atoms with van der Waals surface area (Å²) in [4.78, 5) is 19.0. The first kappa shape index (κ1) is 18.0. The van der Waals surface area contributed by atoms with Crippen LogP contribution >= 0.6 is 0 Å². The molecule has 6 nitrogen and oxygen atoms in total. The number of amides is 1. The highest BCUT2D eigenvalue weighted by molar-refractivity contribution is 8.00. The van der Waals surface area contributed by atoms with E-state index in [9.17, 15) is 9.00 Å². The Balaban J connectivity index is 1.85. The van der Waals surface area contributed by atoms with Crippen molar-refractivity contribution >= 4 is 26.8 Å². The predicted molar refractivity (Wildman–Crippen MR) is 102 cm³/mol. The van der Waals surface area contributed by atoms with Gasteiger partial charge in [0.2, 0.25) is 5.91 Å². The molecule has 2 heterocycles. The van der Waals surface area contributed by atoms with Gasteiger partial charge in [0.05, 0.1) is 0 Å². The molecule has 3 rings (SSSR count). The number of pyridine rings is 1. The maximum absolute atomic E-state index is 13.7. The molecule has 0 saturated carbocycles. The lowest BCUT2D eigenvalue weighted by Crippen LogP contribution is -2.40. The summed E-state index contributed by atoms with van der Waals surface area (Å²) in [5.41, 5.74) is 5.49. The zero-order chi connectivity index (χ0) is 17.9. The molecule has 1 aromatic heterocycles. The Bertz CT molecular complexity index is 805. The lowest BCUT2D eigenvalue weighted by molar-refractivity contribution is -0.130. The van der Waals surface area contributed by atoms with Crippen LogP contribution in [0, 0.1) is 0 Å². The molecule has 0 radical (unpaired) electrons. The van der Waals surface area contributed by atoms with E-state index in [2.05, 4.69) is 9.29 Å². The minimum Gasteiger partial charge on any atom is -0.341 e. The smallest absolute Gasteiger partial charge is 0.223 e. The first-order valence-electron chi connectivity index (χ1n) is 8.68. The van der Waals surface area contributed by atoms with Crippen LogP contribution in [-0.4, -0.2) is 63.3 Å². The van der Waals surface area contributed by atoms with Crippen molar-refractivity contribution in [2.75, 3.05) is 39.0 Å². The van der Waals surface area contributed by atoms with Crippen LogP contribution in [0.2, 0.25) is 0 Å². The van der Waals surface area contributed by atoms with Gasteiger partial charge in [0, 0.05) is 73.5 Å². The van der Waals surface area contributed by atoms with Gasteiger partial charge in [-0.3, -0.25) is 14.0 Å². The van der Waals surface area contributed by atoms with E-state index in [0.29, 0.717) is 32.6 Å². The molecule has 0 unspecified atom stereocenters. The van der Waals surface area contributed by atoms with Crippen LogP contribution in [-0.2, 0) is 14.9 Å². The van der Waals surface area contributed by atoms with Crippen LogP contribution in [0.15, 0.2) is 41.6 Å². The summed E-state index contributed by atoms with van der Waals surface area (Å²) in [6.45, 7) is 3.01. The number of thiol groups is 1. The lowest BCUT2D eigenvalue weighted by atomic mass is 10.2. The second-order valence-corrected chi connectivity index (χ2v) is 9.29. The summed E-state index contributed by atoms with van der Waals surface area (Å²) in [6, 6.07) is 7.80. The number of nitrogens with two attached hydrogens (primary N) is 1. The minimum absolute atomic E-state index is 0.0894. The van der Waals surface area contributed by atoms with Crippen molar-refractivity contribution in [1.29, 1.82) is 0 Å². The van der Waals surface area contributed by atoms with E-state index in [-0.39, 0.29) is 5.91 Å². The summed E-state index contributed by atoms with van der Waals surface area (Å²) in [6.07, 6.45) is 6.57. The molecule has 1 aromatic carbocycles. The average molecular weight is 362 g/mol. The number of fused-ring (bicyclic) bond motifs is 1. The van der Waals surface area contributed by atoms with Crippen LogP contribution < -0.4 is 5.73 Å². The highest BCUT2D eigenvalue weighted by Gasteiger charge is 2.27. The number of hydrogen-bond donors (Lipinski definition) is 2. The van der Waals surface area contributed by atoms with Gasteiger partial charge >= 0.3 is 0 Å². The highest BCUT2D eigenvalue weighted by atomic mass is 32.3. The maximum Gasteiger partial charge on any atom is 0.223 e. The van der Waals surface area contributed by atoms with Crippen LogP contribution in [0.25, 0.3) is 10.8 Å². The van der Waals surface area contributed by atoms with Gasteiger partial charge in [-0.1, -0.05) is 12.1 Å². The number of hydrogen-bond acceptors (Lipinski definition) is 4. The standard InChI is InChI=1S/C18H26N4O2S/c1-25(24,17-5-2-4-15-14-20-9-7-16(15)17)22-11-3-10-21(12-13-22)18(23)6-8-19/h2,4-5,7,9,14,25H,3,6,8,10-13,19H2,1H3. The second-order valence-electron chi connectivity index (χ2n) is 6.48. The fourth-order valence-corrected chi connectivity index (χ4v) is 5.75. The van der Waals surface area contributed by atoms with E-state index >= 15 is 0 Å². The van der Waals surface area contributed by atoms with Crippen molar-refractivity contribution in [3.05, 3.63) is 36.7 Å². The Labute approximate surface area is 149 Å². The van der Waals surface area contributed by atoms with E-state index in [0.717, 1.165) is 28.6 Å². The normalized spacial score (nSPS) is 17.4. The molecule has 1 aliphatic heterocycles. The summed E-state index contributed by atoms with van der Waals surface area (Å²) in [5, 5.41) is 1.99. The fourth-order valence-electron chi connectivity index (χ4n) is 3.44. The van der Waals surface area contributed by atoms with Crippen LogP contribution in [0.3, 0.4) is 0 Å². The zero-order valence-electron chi connectivity index (χ0n) is 14.6. The molecule has 0 atom stereocenters. The summed E-state index contributed by atoms with van der Waals surface area (Å²) in [5.74, 6) is 0.0894. The molecule has 1 fully saturated rings. The largest absolute Gasteiger partial charge is 0.341 e. The molecule has 0 bridgehead atoms. The molecule has 7 heteroatoms. The lowest BCUT2D eigenvalue weighted by Gasteiger charge is -2.33. The summed E-state index contributed by atoms with van der Waals surface area (Å²) < 4.78 is 15.8. The number of aromatic nitrogens is 1. The fraction of sp³-hybridized carbons (Fsp3) is 0.444. The van der Waals surface area contributed by atoms with Crippen molar-refractivity contribution in [3.63, 3.8) is 0 Å². The third-order valence-corrected chi connectivity index (χ3v) is 7.59. The molecule has 1 aliphatic rings. The number of carbonyl (C=O) groups is 1. The molecule has 2 aromatic rings. The third-order valence-electron chi connectivity index (χ3n) is 4.83. The monoisotopic (exact) mass is 362 g/mol. The molecular weight excluding hydrogens is 336 g/mol. The van der Waals surface area contributed by atoms with E-state index in [1.54, 1.807) is 12.4 Å². The Morgan fingerprint density at radius 1 is 1.24 bits per heavy atom. The van der Waals surface area contributed by atoms with Gasteiger partial charge in [-0.05, 0) is 28.7 Å². The highest BCUT2D eigenvalue weighted by Crippen LogP contribution is 2.29. The van der Waals surface area contributed by atoms with Gasteiger partial charge < -0.3 is 10.6 Å². The van der Waals surface area contributed by atoms with Crippen molar-refractivity contribution in [3.8, 4) is 0 Å². The van der Waals surface area contributed by atoms with Crippen molar-refractivity contribution in [1.82, 2.24) is 14.2 Å².